The fourth-order valence-corrected chi connectivity index (χ4v) is 6.26. The van der Waals surface area contributed by atoms with E-state index in [9.17, 15) is 18.0 Å². The van der Waals surface area contributed by atoms with Crippen LogP contribution in [0.15, 0.2) is 56.6 Å². The maximum atomic E-state index is 13.3. The topological polar surface area (TPSA) is 92.8 Å². The van der Waals surface area contributed by atoms with E-state index in [1.807, 2.05) is 25.1 Å². The summed E-state index contributed by atoms with van der Waals surface area (Å²) in [5.41, 5.74) is 2.23. The minimum atomic E-state index is -3.81. The molecule has 0 aliphatic carbocycles. The monoisotopic (exact) mass is 455 g/mol. The molecule has 3 heterocycles. The van der Waals surface area contributed by atoms with E-state index < -0.39 is 15.8 Å². The van der Waals surface area contributed by atoms with E-state index in [0.29, 0.717) is 30.7 Å². The number of piperidine rings is 1. The predicted molar refractivity (Wildman–Crippen MR) is 120 cm³/mol. The zero-order chi connectivity index (χ0) is 22.5. The lowest BCUT2D eigenvalue weighted by molar-refractivity contribution is -0.135. The first kappa shape index (κ1) is 20.8. The third-order valence-electron chi connectivity index (χ3n) is 6.49. The fraction of sp³-hybridized carbons (Fsp3) is 0.391. The molecule has 1 saturated heterocycles. The Morgan fingerprint density at radius 1 is 1.12 bits per heavy atom. The molecule has 2 aromatic carbocycles. The first-order valence-corrected chi connectivity index (χ1v) is 12.3. The van der Waals surface area contributed by atoms with Gasteiger partial charge in [-0.25, -0.2) is 13.2 Å². The highest BCUT2D eigenvalue weighted by Crippen LogP contribution is 2.33. The molecule has 8 nitrogen and oxygen atoms in total. The molecule has 0 N–H and O–H groups in total. The van der Waals surface area contributed by atoms with Gasteiger partial charge in [0.15, 0.2) is 5.58 Å². The molecule has 32 heavy (non-hydrogen) atoms. The minimum Gasteiger partial charge on any atom is -0.408 e. The average molecular weight is 456 g/mol. The van der Waals surface area contributed by atoms with Crippen LogP contribution < -0.4 is 10.1 Å². The molecule has 0 bridgehead atoms. The molecule has 1 fully saturated rings. The highest BCUT2D eigenvalue weighted by molar-refractivity contribution is 7.92. The molecule has 9 heteroatoms. The van der Waals surface area contributed by atoms with Crippen LogP contribution in [0.1, 0.15) is 31.7 Å². The van der Waals surface area contributed by atoms with Crippen molar-refractivity contribution in [3.63, 3.8) is 0 Å². The second-order valence-electron chi connectivity index (χ2n) is 8.47. The van der Waals surface area contributed by atoms with E-state index in [2.05, 4.69) is 0 Å². The lowest BCUT2D eigenvalue weighted by Gasteiger charge is -2.33. The first-order chi connectivity index (χ1) is 15.4. The molecule has 1 atom stereocenters. The lowest BCUT2D eigenvalue weighted by Crippen LogP contribution is -2.44. The minimum absolute atomic E-state index is 0.0542. The SMILES string of the molecule is CC1CCCCN1C(=O)Cn1c(=O)oc2cc(S(=O)(=O)N3CCc4ccccc43)ccc21. The molecule has 3 aromatic rings. The van der Waals surface area contributed by atoms with Gasteiger partial charge in [-0.2, -0.15) is 0 Å². The number of anilines is 1. The molecule has 1 aromatic heterocycles. The molecular formula is C23H25N3O5S. The number of carbonyl (C=O) groups excluding carboxylic acids is 1. The number of benzene rings is 2. The number of oxazole rings is 1. The number of sulfonamides is 1. The quantitative estimate of drug-likeness (QED) is 0.603. The van der Waals surface area contributed by atoms with Gasteiger partial charge >= 0.3 is 5.76 Å². The number of fused-ring (bicyclic) bond motifs is 2. The second-order valence-corrected chi connectivity index (χ2v) is 10.3. The van der Waals surface area contributed by atoms with Crippen LogP contribution in [0, 0.1) is 0 Å². The molecule has 0 radical (unpaired) electrons. The van der Waals surface area contributed by atoms with Gasteiger partial charge < -0.3 is 9.32 Å². The summed E-state index contributed by atoms with van der Waals surface area (Å²) in [6, 6.07) is 12.0. The fourth-order valence-electron chi connectivity index (χ4n) is 4.74. The van der Waals surface area contributed by atoms with Gasteiger partial charge in [0.05, 0.1) is 16.1 Å². The van der Waals surface area contributed by atoms with Crippen molar-refractivity contribution in [2.45, 2.75) is 50.1 Å². The maximum absolute atomic E-state index is 13.3. The Morgan fingerprint density at radius 2 is 1.94 bits per heavy atom. The van der Waals surface area contributed by atoms with E-state index in [0.717, 1.165) is 24.8 Å². The van der Waals surface area contributed by atoms with Crippen molar-refractivity contribution in [3.8, 4) is 0 Å². The van der Waals surface area contributed by atoms with Crippen LogP contribution in [0.2, 0.25) is 0 Å². The van der Waals surface area contributed by atoms with Crippen LogP contribution in [0.3, 0.4) is 0 Å². The Morgan fingerprint density at radius 3 is 2.75 bits per heavy atom. The standard InChI is InChI=1S/C23H25N3O5S/c1-16-6-4-5-12-24(16)22(27)15-25-20-10-9-18(14-21(20)31-23(25)28)32(29,30)26-13-11-17-7-2-3-8-19(17)26/h2-3,7-10,14,16H,4-6,11-13,15H2,1H3. The number of hydrogen-bond acceptors (Lipinski definition) is 5. The molecule has 168 valence electrons. The second kappa shape index (κ2) is 7.81. The van der Waals surface area contributed by atoms with Crippen molar-refractivity contribution >= 4 is 32.7 Å². The summed E-state index contributed by atoms with van der Waals surface area (Å²) < 4.78 is 34.6. The third kappa shape index (κ3) is 3.40. The smallest absolute Gasteiger partial charge is 0.408 e. The summed E-state index contributed by atoms with van der Waals surface area (Å²) in [6.07, 6.45) is 3.66. The van der Waals surface area contributed by atoms with Gasteiger partial charge in [0.1, 0.15) is 6.54 Å². The van der Waals surface area contributed by atoms with Crippen molar-refractivity contribution in [2.24, 2.45) is 0 Å². The van der Waals surface area contributed by atoms with Crippen LogP contribution in [0.5, 0.6) is 0 Å². The van der Waals surface area contributed by atoms with Gasteiger partial charge in [-0.3, -0.25) is 13.7 Å². The number of aromatic nitrogens is 1. The van der Waals surface area contributed by atoms with Gasteiger partial charge in [0, 0.05) is 25.2 Å². The molecule has 1 unspecified atom stereocenters. The highest BCUT2D eigenvalue weighted by Gasteiger charge is 2.31. The molecule has 0 saturated carbocycles. The Bertz CT molecular complexity index is 1360. The van der Waals surface area contributed by atoms with Crippen molar-refractivity contribution < 1.29 is 17.6 Å². The Kier molecular flexibility index (Phi) is 5.08. The molecule has 2 aliphatic rings. The van der Waals surface area contributed by atoms with E-state index in [1.165, 1.54) is 21.0 Å². The number of para-hydroxylation sites is 1. The van der Waals surface area contributed by atoms with E-state index >= 15 is 0 Å². The summed E-state index contributed by atoms with van der Waals surface area (Å²) in [7, 11) is -3.81. The summed E-state index contributed by atoms with van der Waals surface area (Å²) >= 11 is 0. The summed E-state index contributed by atoms with van der Waals surface area (Å²) in [5.74, 6) is -0.800. The van der Waals surface area contributed by atoms with E-state index in [4.69, 9.17) is 4.42 Å². The van der Waals surface area contributed by atoms with Gasteiger partial charge in [0.2, 0.25) is 5.91 Å². The Balaban J connectivity index is 1.46. The Labute approximate surface area is 186 Å². The number of carbonyl (C=O) groups is 1. The van der Waals surface area contributed by atoms with Gasteiger partial charge in [-0.05, 0) is 56.4 Å². The largest absolute Gasteiger partial charge is 0.420 e. The van der Waals surface area contributed by atoms with Crippen LogP contribution in [-0.4, -0.2) is 42.9 Å². The van der Waals surface area contributed by atoms with Crippen LogP contribution in [0.4, 0.5) is 5.69 Å². The normalized spacial score (nSPS) is 18.8. The van der Waals surface area contributed by atoms with Gasteiger partial charge in [0.25, 0.3) is 10.0 Å². The summed E-state index contributed by atoms with van der Waals surface area (Å²) in [5, 5.41) is 0. The number of nitrogens with zero attached hydrogens (tertiary/aromatic N) is 3. The number of rotatable bonds is 4. The van der Waals surface area contributed by atoms with Crippen molar-refractivity contribution in [1.29, 1.82) is 0 Å². The third-order valence-corrected chi connectivity index (χ3v) is 8.30. The summed E-state index contributed by atoms with van der Waals surface area (Å²) in [6.45, 7) is 2.94. The van der Waals surface area contributed by atoms with E-state index in [-0.39, 0.29) is 29.0 Å². The predicted octanol–water partition coefficient (Wildman–Crippen LogP) is 2.75. The molecule has 5 rings (SSSR count). The van der Waals surface area contributed by atoms with Crippen LogP contribution >= 0.6 is 0 Å². The Hall–Kier alpha value is -3.07. The molecular weight excluding hydrogens is 430 g/mol. The number of amides is 1. The zero-order valence-corrected chi connectivity index (χ0v) is 18.7. The van der Waals surface area contributed by atoms with Crippen LogP contribution in [0.25, 0.3) is 11.1 Å². The zero-order valence-electron chi connectivity index (χ0n) is 17.9. The number of hydrogen-bond donors (Lipinski definition) is 0. The number of likely N-dealkylation sites (tertiary alicyclic amines) is 1. The lowest BCUT2D eigenvalue weighted by atomic mass is 10.0. The average Bonchev–Trinajstić information content (AvgIpc) is 3.35. The maximum Gasteiger partial charge on any atom is 0.420 e. The highest BCUT2D eigenvalue weighted by atomic mass is 32.2. The van der Waals surface area contributed by atoms with Crippen LogP contribution in [-0.2, 0) is 27.8 Å². The first-order valence-electron chi connectivity index (χ1n) is 10.9. The van der Waals surface area contributed by atoms with Crippen molar-refractivity contribution in [3.05, 3.63) is 58.6 Å². The van der Waals surface area contributed by atoms with Gasteiger partial charge in [-0.1, -0.05) is 18.2 Å². The molecule has 0 spiro atoms. The molecule has 1 amide bonds. The summed E-state index contributed by atoms with van der Waals surface area (Å²) in [4.78, 5) is 27.2. The van der Waals surface area contributed by atoms with Gasteiger partial charge in [-0.15, -0.1) is 0 Å². The van der Waals surface area contributed by atoms with Crippen molar-refractivity contribution in [2.75, 3.05) is 17.4 Å². The molecule has 2 aliphatic heterocycles. The van der Waals surface area contributed by atoms with E-state index in [1.54, 1.807) is 17.0 Å². The van der Waals surface area contributed by atoms with Crippen molar-refractivity contribution in [1.82, 2.24) is 9.47 Å².